The Morgan fingerprint density at radius 3 is 2.70 bits per heavy atom. The highest BCUT2D eigenvalue weighted by molar-refractivity contribution is 5.99. The molecule has 0 N–H and O–H groups in total. The lowest BCUT2D eigenvalue weighted by molar-refractivity contribution is 0.0612. The minimum Gasteiger partial charge on any atom is -0.451 e. The molecule has 0 unspecified atom stereocenters. The summed E-state index contributed by atoms with van der Waals surface area (Å²) in [5.41, 5.74) is 1.62. The predicted octanol–water partition coefficient (Wildman–Crippen LogP) is 4.37. The summed E-state index contributed by atoms with van der Waals surface area (Å²) in [5, 5.41) is 0.970. The monoisotopic (exact) mass is 315 g/mol. The molecular formula is C19H25NO3. The summed E-state index contributed by atoms with van der Waals surface area (Å²) in [5.74, 6) is 0.447. The van der Waals surface area contributed by atoms with Crippen molar-refractivity contribution in [2.75, 3.05) is 13.7 Å². The minimum absolute atomic E-state index is 0.00245. The van der Waals surface area contributed by atoms with E-state index in [1.165, 1.54) is 19.3 Å². The Kier molecular flexibility index (Phi) is 5.01. The zero-order valence-corrected chi connectivity index (χ0v) is 14.0. The summed E-state index contributed by atoms with van der Waals surface area (Å²) in [6, 6.07) is 8.12. The maximum absolute atomic E-state index is 13.1. The van der Waals surface area contributed by atoms with E-state index in [1.807, 2.05) is 36.1 Å². The third-order valence-corrected chi connectivity index (χ3v) is 4.80. The molecule has 0 atom stereocenters. The number of amides is 1. The molecule has 0 aliphatic heterocycles. The molecule has 1 aliphatic carbocycles. The normalized spacial score (nSPS) is 15.9. The first-order valence-corrected chi connectivity index (χ1v) is 8.56. The molecule has 0 saturated heterocycles. The number of carbonyl (C=O) groups excluding carboxylic acids is 1. The second-order valence-electron chi connectivity index (χ2n) is 6.22. The van der Waals surface area contributed by atoms with Gasteiger partial charge in [-0.1, -0.05) is 37.5 Å². The van der Waals surface area contributed by atoms with Crippen molar-refractivity contribution in [1.82, 2.24) is 4.90 Å². The number of hydrogen-bond donors (Lipinski definition) is 0. The highest BCUT2D eigenvalue weighted by Crippen LogP contribution is 2.30. The van der Waals surface area contributed by atoms with Gasteiger partial charge in [0.25, 0.3) is 5.91 Å². The molecule has 4 nitrogen and oxygen atoms in total. The Morgan fingerprint density at radius 2 is 2.00 bits per heavy atom. The molecule has 124 valence electrons. The van der Waals surface area contributed by atoms with E-state index in [0.29, 0.717) is 25.0 Å². The van der Waals surface area contributed by atoms with Crippen LogP contribution in [0.25, 0.3) is 11.0 Å². The van der Waals surface area contributed by atoms with Crippen molar-refractivity contribution in [3.05, 3.63) is 35.6 Å². The second kappa shape index (κ2) is 7.18. The molecule has 0 spiro atoms. The zero-order valence-electron chi connectivity index (χ0n) is 14.0. The second-order valence-corrected chi connectivity index (χ2v) is 6.22. The third kappa shape index (κ3) is 3.13. The fraction of sp³-hybridized carbons (Fsp3) is 0.526. The van der Waals surface area contributed by atoms with Gasteiger partial charge in [-0.25, -0.2) is 0 Å². The van der Waals surface area contributed by atoms with Crippen molar-refractivity contribution in [1.29, 1.82) is 0 Å². The first-order chi connectivity index (χ1) is 11.3. The lowest BCUT2D eigenvalue weighted by Gasteiger charge is -2.33. The smallest absolute Gasteiger partial charge is 0.290 e. The van der Waals surface area contributed by atoms with E-state index < -0.39 is 0 Å². The van der Waals surface area contributed by atoms with E-state index in [2.05, 4.69) is 0 Å². The van der Waals surface area contributed by atoms with Crippen molar-refractivity contribution >= 4 is 16.9 Å². The first kappa shape index (κ1) is 16.1. The van der Waals surface area contributed by atoms with Gasteiger partial charge < -0.3 is 14.1 Å². The van der Waals surface area contributed by atoms with E-state index in [-0.39, 0.29) is 5.91 Å². The summed E-state index contributed by atoms with van der Waals surface area (Å²) in [6.45, 7) is 3.15. The van der Waals surface area contributed by atoms with E-state index in [9.17, 15) is 4.79 Å². The van der Waals surface area contributed by atoms with E-state index in [4.69, 9.17) is 9.15 Å². The fourth-order valence-corrected chi connectivity index (χ4v) is 3.65. The molecule has 23 heavy (non-hydrogen) atoms. The van der Waals surface area contributed by atoms with Crippen molar-refractivity contribution in [2.45, 2.75) is 51.7 Å². The van der Waals surface area contributed by atoms with Gasteiger partial charge in [0, 0.05) is 30.6 Å². The molecule has 4 heteroatoms. The van der Waals surface area contributed by atoms with Crippen LogP contribution in [0, 0.1) is 0 Å². The maximum atomic E-state index is 13.1. The number of ether oxygens (including phenoxy) is 1. The van der Waals surface area contributed by atoms with Gasteiger partial charge in [-0.05, 0) is 25.8 Å². The molecule has 3 rings (SSSR count). The molecule has 1 saturated carbocycles. The highest BCUT2D eigenvalue weighted by atomic mass is 16.5. The Morgan fingerprint density at radius 1 is 1.26 bits per heavy atom. The van der Waals surface area contributed by atoms with Crippen molar-refractivity contribution in [3.8, 4) is 0 Å². The number of carbonyl (C=O) groups is 1. The molecule has 0 radical (unpaired) electrons. The van der Waals surface area contributed by atoms with Gasteiger partial charge in [0.05, 0.1) is 6.61 Å². The van der Waals surface area contributed by atoms with Crippen LogP contribution >= 0.6 is 0 Å². The fourth-order valence-electron chi connectivity index (χ4n) is 3.65. The van der Waals surface area contributed by atoms with E-state index in [0.717, 1.165) is 29.4 Å². The number of fused-ring (bicyclic) bond motifs is 1. The predicted molar refractivity (Wildman–Crippen MR) is 90.5 cm³/mol. The summed E-state index contributed by atoms with van der Waals surface area (Å²) < 4.78 is 11.2. The van der Waals surface area contributed by atoms with Crippen LogP contribution < -0.4 is 0 Å². The Hall–Kier alpha value is -1.81. The Balaban J connectivity index is 1.96. The molecule has 0 bridgehead atoms. The van der Waals surface area contributed by atoms with Crippen molar-refractivity contribution < 1.29 is 13.9 Å². The van der Waals surface area contributed by atoms with Crippen LogP contribution in [-0.4, -0.2) is 30.5 Å². The van der Waals surface area contributed by atoms with Crippen LogP contribution in [0.15, 0.2) is 28.7 Å². The minimum atomic E-state index is 0.00245. The molecule has 1 fully saturated rings. The summed E-state index contributed by atoms with van der Waals surface area (Å²) in [7, 11) is 1.65. The van der Waals surface area contributed by atoms with Gasteiger partial charge in [0.2, 0.25) is 0 Å². The van der Waals surface area contributed by atoms with Gasteiger partial charge in [-0.2, -0.15) is 0 Å². The zero-order chi connectivity index (χ0) is 16.2. The Bertz CT molecular complexity index is 670. The number of nitrogens with zero attached hydrogens (tertiary/aromatic N) is 1. The standard InChI is InChI=1S/C19H25NO3/c1-3-20(14-9-5-4-6-10-14)19(21)18-16(13-22-2)15-11-7-8-12-17(15)23-18/h7-8,11-12,14H,3-6,9-10,13H2,1-2H3. The van der Waals surface area contributed by atoms with Gasteiger partial charge in [-0.15, -0.1) is 0 Å². The lowest BCUT2D eigenvalue weighted by atomic mass is 9.94. The van der Waals surface area contributed by atoms with Crippen LogP contribution in [0.1, 0.15) is 55.1 Å². The first-order valence-electron chi connectivity index (χ1n) is 8.56. The van der Waals surface area contributed by atoms with E-state index >= 15 is 0 Å². The average molecular weight is 315 g/mol. The molecule has 1 aliphatic rings. The molecule has 1 amide bonds. The largest absolute Gasteiger partial charge is 0.451 e. The Labute approximate surface area is 137 Å². The number of rotatable bonds is 5. The van der Waals surface area contributed by atoms with Gasteiger partial charge in [-0.3, -0.25) is 4.79 Å². The molecular weight excluding hydrogens is 290 g/mol. The molecule has 2 aromatic rings. The summed E-state index contributed by atoms with van der Waals surface area (Å²) in [6.07, 6.45) is 5.89. The van der Waals surface area contributed by atoms with Crippen LogP contribution in [0.4, 0.5) is 0 Å². The quantitative estimate of drug-likeness (QED) is 0.822. The number of para-hydroxylation sites is 1. The van der Waals surface area contributed by atoms with Gasteiger partial charge >= 0.3 is 0 Å². The van der Waals surface area contributed by atoms with Crippen LogP contribution in [0.5, 0.6) is 0 Å². The average Bonchev–Trinajstić information content (AvgIpc) is 2.96. The van der Waals surface area contributed by atoms with Gasteiger partial charge in [0.1, 0.15) is 5.58 Å². The maximum Gasteiger partial charge on any atom is 0.290 e. The number of furan rings is 1. The van der Waals surface area contributed by atoms with Gasteiger partial charge in [0.15, 0.2) is 5.76 Å². The third-order valence-electron chi connectivity index (χ3n) is 4.80. The van der Waals surface area contributed by atoms with Crippen molar-refractivity contribution in [3.63, 3.8) is 0 Å². The highest BCUT2D eigenvalue weighted by Gasteiger charge is 2.29. The summed E-state index contributed by atoms with van der Waals surface area (Å²) >= 11 is 0. The summed E-state index contributed by atoms with van der Waals surface area (Å²) in [4.78, 5) is 15.1. The van der Waals surface area contributed by atoms with Crippen LogP contribution in [-0.2, 0) is 11.3 Å². The lowest BCUT2D eigenvalue weighted by Crippen LogP contribution is -2.41. The molecule has 1 aromatic carbocycles. The molecule has 1 aromatic heterocycles. The SMILES string of the molecule is CCN(C(=O)c1oc2ccccc2c1COC)C1CCCCC1. The number of hydrogen-bond acceptors (Lipinski definition) is 3. The topological polar surface area (TPSA) is 42.7 Å². The van der Waals surface area contributed by atoms with Crippen molar-refractivity contribution in [2.24, 2.45) is 0 Å². The number of benzene rings is 1. The number of methoxy groups -OCH3 is 1. The van der Waals surface area contributed by atoms with E-state index in [1.54, 1.807) is 7.11 Å². The van der Waals surface area contributed by atoms with Crippen LogP contribution in [0.2, 0.25) is 0 Å². The van der Waals surface area contributed by atoms with Crippen LogP contribution in [0.3, 0.4) is 0 Å². The molecule has 1 heterocycles.